The smallest absolute Gasteiger partial charge is 0.309 e. The van der Waals surface area contributed by atoms with Crippen LogP contribution in [0.2, 0.25) is 5.02 Å². The number of likely N-dealkylation sites (N-methyl/N-ethyl adjacent to an activating group) is 1. The van der Waals surface area contributed by atoms with Gasteiger partial charge in [0.2, 0.25) is 0 Å². The van der Waals surface area contributed by atoms with Crippen LogP contribution < -0.4 is 0 Å². The summed E-state index contributed by atoms with van der Waals surface area (Å²) < 4.78 is 6.20. The van der Waals surface area contributed by atoms with Crippen molar-refractivity contribution in [2.75, 3.05) is 33.7 Å². The number of benzene rings is 1. The number of allylic oxidation sites excluding steroid dienone is 1. The van der Waals surface area contributed by atoms with E-state index in [1.165, 1.54) is 5.57 Å². The van der Waals surface area contributed by atoms with Gasteiger partial charge in [-0.05, 0) is 142 Å². The molecule has 1 aromatic rings. The quantitative estimate of drug-likeness (QED) is 0.190. The van der Waals surface area contributed by atoms with Crippen LogP contribution in [0.1, 0.15) is 132 Å². The molecule has 6 rings (SSSR count). The van der Waals surface area contributed by atoms with Crippen molar-refractivity contribution in [2.24, 2.45) is 56.2 Å². The van der Waals surface area contributed by atoms with Crippen LogP contribution >= 0.6 is 11.6 Å². The molecule has 2 N–H and O–H groups in total. The van der Waals surface area contributed by atoms with E-state index in [0.29, 0.717) is 36.4 Å². The molecule has 1 aromatic carbocycles. The van der Waals surface area contributed by atoms with E-state index in [2.05, 4.69) is 78.4 Å². The average molecular weight is 810 g/mol. The van der Waals surface area contributed by atoms with Gasteiger partial charge in [0.25, 0.3) is 0 Å². The normalized spacial score (nSPS) is 35.5. The van der Waals surface area contributed by atoms with Gasteiger partial charge in [0.05, 0.1) is 17.9 Å². The van der Waals surface area contributed by atoms with Gasteiger partial charge < -0.3 is 19.8 Å². The molecular weight excluding hydrogens is 736 g/mol. The van der Waals surface area contributed by atoms with E-state index < -0.39 is 28.9 Å². The number of ketones is 1. The number of aliphatic hydroxyl groups excluding tert-OH is 1. The van der Waals surface area contributed by atoms with E-state index in [-0.39, 0.29) is 51.8 Å². The number of ether oxygens (including phenoxy) is 1. The van der Waals surface area contributed by atoms with E-state index in [9.17, 15) is 24.6 Å². The Hall–Kier alpha value is -2.26. The Labute approximate surface area is 348 Å². The monoisotopic (exact) mass is 809 g/mol. The van der Waals surface area contributed by atoms with Gasteiger partial charge in [0.1, 0.15) is 6.10 Å². The molecule has 9 unspecified atom stereocenters. The minimum atomic E-state index is -1.17. The Morgan fingerprint density at radius 1 is 0.947 bits per heavy atom. The lowest BCUT2D eigenvalue weighted by molar-refractivity contribution is -0.235. The lowest BCUT2D eigenvalue weighted by Gasteiger charge is -2.72. The summed E-state index contributed by atoms with van der Waals surface area (Å²) in [6.45, 7) is 22.6. The summed E-state index contributed by atoms with van der Waals surface area (Å²) in [5.74, 6) is -0.00895. The van der Waals surface area contributed by atoms with Crippen molar-refractivity contribution in [1.82, 2.24) is 9.80 Å². The van der Waals surface area contributed by atoms with Gasteiger partial charge in [-0.1, -0.05) is 77.8 Å². The lowest BCUT2D eigenvalue weighted by atomic mass is 9.33. The largest absolute Gasteiger partial charge is 0.481 e. The summed E-state index contributed by atoms with van der Waals surface area (Å²) in [5.41, 5.74) is 1.48. The maximum atomic E-state index is 14.3. The topological polar surface area (TPSA) is 107 Å². The minimum Gasteiger partial charge on any atom is -0.481 e. The Kier molecular flexibility index (Phi) is 12.2. The third-order valence-electron chi connectivity index (χ3n) is 17.1. The van der Waals surface area contributed by atoms with Crippen LogP contribution in [0.3, 0.4) is 0 Å². The van der Waals surface area contributed by atoms with Crippen molar-refractivity contribution in [3.63, 3.8) is 0 Å². The third kappa shape index (κ3) is 7.58. The standard InChI is InChI=1S/C48H73ClN2O6/c1-30(2)40-34(52)26-48(37(53)29-51(24-23-50(10)11)28-31-13-12-14-32(49)25-31)22-21-46(8)33(41(40)48)15-16-36-45(7)19-18-38(57-39(54)27-43(3,4)42(55)56)44(5,6)35(45)17-20-47(36,46)9/h12-14,25,30,33,35-38,53H,15-24,26-29H2,1-11H3,(H,55,56). The maximum absolute atomic E-state index is 14.3. The highest BCUT2D eigenvalue weighted by Gasteiger charge is 2.71. The molecule has 0 radical (unpaired) electrons. The maximum Gasteiger partial charge on any atom is 0.309 e. The fourth-order valence-electron chi connectivity index (χ4n) is 13.8. The van der Waals surface area contributed by atoms with Gasteiger partial charge >= 0.3 is 11.9 Å². The Bertz CT molecular complexity index is 1750. The molecule has 0 amide bonds. The molecule has 0 saturated heterocycles. The second kappa shape index (κ2) is 15.6. The molecule has 5 aliphatic carbocycles. The molecule has 9 atom stereocenters. The van der Waals surface area contributed by atoms with Gasteiger partial charge in [0.15, 0.2) is 5.78 Å². The van der Waals surface area contributed by atoms with Crippen molar-refractivity contribution in [2.45, 2.75) is 145 Å². The summed E-state index contributed by atoms with van der Waals surface area (Å²) in [6.07, 6.45) is 7.11. The van der Waals surface area contributed by atoms with Crippen molar-refractivity contribution in [3.05, 3.63) is 46.0 Å². The number of carbonyl (C=O) groups excluding carboxylic acids is 2. The fraction of sp³-hybridized carbons (Fsp3) is 0.771. The van der Waals surface area contributed by atoms with Crippen molar-refractivity contribution in [3.8, 4) is 0 Å². The number of rotatable bonds is 13. The van der Waals surface area contributed by atoms with Gasteiger partial charge in [-0.2, -0.15) is 0 Å². The summed E-state index contributed by atoms with van der Waals surface area (Å²) in [7, 11) is 4.16. The molecule has 0 heterocycles. The molecule has 0 aromatic heterocycles. The van der Waals surface area contributed by atoms with Crippen LogP contribution in [-0.4, -0.2) is 83.7 Å². The van der Waals surface area contributed by atoms with Gasteiger partial charge in [-0.25, -0.2) is 0 Å². The highest BCUT2D eigenvalue weighted by atomic mass is 35.5. The van der Waals surface area contributed by atoms with Crippen LogP contribution in [0.5, 0.6) is 0 Å². The Balaban J connectivity index is 1.29. The number of carboxylic acid groups (broad SMARTS) is 1. The number of nitrogens with zero attached hydrogens (tertiary/aromatic N) is 2. The number of esters is 1. The zero-order valence-corrected chi connectivity index (χ0v) is 37.7. The summed E-state index contributed by atoms with van der Waals surface area (Å²) in [4.78, 5) is 43.8. The molecule has 0 aliphatic heterocycles. The van der Waals surface area contributed by atoms with Gasteiger partial charge in [-0.3, -0.25) is 19.3 Å². The molecule has 9 heteroatoms. The first-order valence-corrected chi connectivity index (χ1v) is 22.3. The molecule has 57 heavy (non-hydrogen) atoms. The number of Topliss-reactive ketones (excluding diaryl/α,β-unsaturated/α-hetero) is 1. The fourth-order valence-corrected chi connectivity index (χ4v) is 14.0. The highest BCUT2D eigenvalue weighted by molar-refractivity contribution is 6.30. The first-order valence-electron chi connectivity index (χ1n) is 21.9. The number of carboxylic acids is 1. The van der Waals surface area contributed by atoms with Crippen molar-refractivity contribution >= 4 is 29.3 Å². The zero-order chi connectivity index (χ0) is 42.1. The SMILES string of the molecule is CC(C)C1=C2C3CCC4C5(C)CCC(OC(=O)CC(C)(C)C(=O)O)C(C)(C)C5CCC4(C)C3(C)CCC2(C(O)CN(CCN(C)C)Cc2cccc(Cl)c2)CC1=O. The molecule has 0 spiro atoms. The van der Waals surface area contributed by atoms with Crippen molar-refractivity contribution < 1.29 is 29.3 Å². The number of fused-ring (bicyclic) bond motifs is 7. The van der Waals surface area contributed by atoms with E-state index in [4.69, 9.17) is 16.3 Å². The molecule has 5 aliphatic rings. The zero-order valence-electron chi connectivity index (χ0n) is 37.0. The van der Waals surface area contributed by atoms with E-state index >= 15 is 0 Å². The van der Waals surface area contributed by atoms with E-state index in [1.807, 2.05) is 18.2 Å². The Morgan fingerprint density at radius 3 is 2.28 bits per heavy atom. The predicted molar refractivity (Wildman–Crippen MR) is 227 cm³/mol. The number of halogens is 1. The van der Waals surface area contributed by atoms with Crippen molar-refractivity contribution in [1.29, 1.82) is 0 Å². The van der Waals surface area contributed by atoms with E-state index in [0.717, 1.165) is 75.6 Å². The molecule has 4 fully saturated rings. The number of aliphatic hydroxyl groups is 1. The lowest BCUT2D eigenvalue weighted by Crippen LogP contribution is -2.66. The third-order valence-corrected chi connectivity index (χ3v) is 17.3. The van der Waals surface area contributed by atoms with Gasteiger partial charge in [0, 0.05) is 48.5 Å². The average Bonchev–Trinajstić information content (AvgIpc) is 3.42. The van der Waals surface area contributed by atoms with Crippen LogP contribution in [0, 0.1) is 56.2 Å². The first-order chi connectivity index (χ1) is 26.4. The number of carbonyl (C=O) groups is 3. The summed E-state index contributed by atoms with van der Waals surface area (Å²) in [5, 5.41) is 23.1. The van der Waals surface area contributed by atoms with Crippen LogP contribution in [0.15, 0.2) is 35.4 Å². The molecule has 318 valence electrons. The molecule has 8 nitrogen and oxygen atoms in total. The number of hydrogen-bond donors (Lipinski definition) is 2. The van der Waals surface area contributed by atoms with E-state index in [1.54, 1.807) is 13.8 Å². The van der Waals surface area contributed by atoms with Crippen LogP contribution in [-0.2, 0) is 25.7 Å². The number of aliphatic carboxylic acids is 1. The second-order valence-electron chi connectivity index (χ2n) is 21.7. The molecule has 0 bridgehead atoms. The Morgan fingerprint density at radius 2 is 1.65 bits per heavy atom. The highest BCUT2D eigenvalue weighted by Crippen LogP contribution is 2.77. The summed E-state index contributed by atoms with van der Waals surface area (Å²) in [6, 6.07) is 8.00. The van der Waals surface area contributed by atoms with Crippen LogP contribution in [0.4, 0.5) is 0 Å². The van der Waals surface area contributed by atoms with Crippen LogP contribution in [0.25, 0.3) is 0 Å². The second-order valence-corrected chi connectivity index (χ2v) is 22.2. The predicted octanol–water partition coefficient (Wildman–Crippen LogP) is 9.46. The number of hydrogen-bond acceptors (Lipinski definition) is 7. The minimum absolute atomic E-state index is 0.0333. The summed E-state index contributed by atoms with van der Waals surface area (Å²) >= 11 is 6.41. The van der Waals surface area contributed by atoms with Gasteiger partial charge in [-0.15, -0.1) is 0 Å². The molecule has 4 saturated carbocycles. The molecular formula is C48H73ClN2O6. The first kappa shape index (κ1) is 44.3.